The molecule has 0 aliphatic rings. The summed E-state index contributed by atoms with van der Waals surface area (Å²) < 4.78 is 2.24. The molecule has 0 saturated heterocycles. The maximum atomic E-state index is 6.03. The highest BCUT2D eigenvalue weighted by molar-refractivity contribution is 5.14. The summed E-state index contributed by atoms with van der Waals surface area (Å²) >= 11 is 0. The molecule has 0 amide bonds. The van der Waals surface area contributed by atoms with E-state index >= 15 is 0 Å². The van der Waals surface area contributed by atoms with Crippen molar-refractivity contribution in [3.05, 3.63) is 24.0 Å². The molecule has 1 atom stereocenters. The lowest BCUT2D eigenvalue weighted by molar-refractivity contribution is 0.617. The molecule has 1 heterocycles. The first-order valence-electron chi connectivity index (χ1n) is 5.69. The number of nitrogens with two attached hydrogens (primary N) is 1. The maximum absolute atomic E-state index is 6.03. The number of nitrogens with zero attached hydrogens (tertiary/aromatic N) is 1. The quantitative estimate of drug-likeness (QED) is 0.741. The van der Waals surface area contributed by atoms with Gasteiger partial charge in [-0.25, -0.2) is 0 Å². The van der Waals surface area contributed by atoms with Crippen LogP contribution in [0, 0.1) is 0 Å². The summed E-state index contributed by atoms with van der Waals surface area (Å²) in [5, 5.41) is 0. The van der Waals surface area contributed by atoms with Crippen molar-refractivity contribution in [1.29, 1.82) is 0 Å². The first-order chi connectivity index (χ1) is 6.77. The summed E-state index contributed by atoms with van der Waals surface area (Å²) in [6.07, 6.45) is 9.06. The highest BCUT2D eigenvalue weighted by Gasteiger charge is 2.05. The molecule has 0 spiro atoms. The van der Waals surface area contributed by atoms with Gasteiger partial charge < -0.3 is 10.3 Å². The fourth-order valence-electron chi connectivity index (χ4n) is 1.64. The van der Waals surface area contributed by atoms with Crippen molar-refractivity contribution < 1.29 is 0 Å². The molecular formula is C12H22N2. The van der Waals surface area contributed by atoms with Gasteiger partial charge in [0.2, 0.25) is 0 Å². The van der Waals surface area contributed by atoms with Gasteiger partial charge in [0.1, 0.15) is 0 Å². The Labute approximate surface area is 87.1 Å². The molecular weight excluding hydrogens is 172 g/mol. The molecule has 0 aliphatic heterocycles. The Morgan fingerprint density at radius 2 is 2.14 bits per heavy atom. The molecule has 2 N–H and O–H groups in total. The monoisotopic (exact) mass is 194 g/mol. The van der Waals surface area contributed by atoms with E-state index in [2.05, 4.69) is 36.9 Å². The highest BCUT2D eigenvalue weighted by Crippen LogP contribution is 2.16. The summed E-state index contributed by atoms with van der Waals surface area (Å²) in [6, 6.07) is 2.37. The number of hydrogen-bond donors (Lipinski definition) is 1. The molecule has 0 aromatic carbocycles. The van der Waals surface area contributed by atoms with Crippen molar-refractivity contribution in [2.75, 3.05) is 0 Å². The molecule has 1 aromatic heterocycles. The average Bonchev–Trinajstić information content (AvgIpc) is 2.63. The van der Waals surface area contributed by atoms with E-state index in [9.17, 15) is 0 Å². The Kier molecular flexibility index (Phi) is 4.74. The van der Waals surface area contributed by atoms with Crippen LogP contribution in [-0.2, 0) is 6.54 Å². The zero-order valence-electron chi connectivity index (χ0n) is 9.37. The van der Waals surface area contributed by atoms with Crippen LogP contribution < -0.4 is 5.73 Å². The van der Waals surface area contributed by atoms with E-state index < -0.39 is 0 Å². The lowest BCUT2D eigenvalue weighted by atomic mass is 10.1. The number of aryl methyl sites for hydroxylation is 1. The smallest absolute Gasteiger partial charge is 0.0309 e. The third kappa shape index (κ3) is 3.18. The Bertz CT molecular complexity index is 253. The second kappa shape index (κ2) is 5.86. The van der Waals surface area contributed by atoms with Crippen LogP contribution in [0.1, 0.15) is 51.1 Å². The number of rotatable bonds is 6. The molecule has 1 aromatic rings. The first kappa shape index (κ1) is 11.3. The van der Waals surface area contributed by atoms with Crippen LogP contribution >= 0.6 is 0 Å². The fraction of sp³-hybridized carbons (Fsp3) is 0.667. The van der Waals surface area contributed by atoms with Crippen molar-refractivity contribution in [2.45, 2.75) is 52.1 Å². The van der Waals surface area contributed by atoms with Gasteiger partial charge in [0.05, 0.1) is 0 Å². The average molecular weight is 194 g/mol. The molecule has 80 valence electrons. The molecule has 0 aliphatic carbocycles. The molecule has 14 heavy (non-hydrogen) atoms. The predicted octanol–water partition coefficient (Wildman–Crippen LogP) is 3.09. The van der Waals surface area contributed by atoms with E-state index in [1.165, 1.54) is 18.4 Å². The van der Waals surface area contributed by atoms with E-state index in [1.807, 2.05) is 0 Å². The van der Waals surface area contributed by atoms with E-state index in [0.717, 1.165) is 19.4 Å². The van der Waals surface area contributed by atoms with Crippen molar-refractivity contribution in [3.8, 4) is 0 Å². The van der Waals surface area contributed by atoms with Gasteiger partial charge in [0.25, 0.3) is 0 Å². The van der Waals surface area contributed by atoms with Crippen molar-refractivity contribution in [1.82, 2.24) is 4.57 Å². The van der Waals surface area contributed by atoms with Crippen LogP contribution in [0.15, 0.2) is 18.5 Å². The molecule has 0 radical (unpaired) electrons. The van der Waals surface area contributed by atoms with Crippen LogP contribution in [-0.4, -0.2) is 4.57 Å². The summed E-state index contributed by atoms with van der Waals surface area (Å²) in [5.41, 5.74) is 7.31. The van der Waals surface area contributed by atoms with Gasteiger partial charge in [0.15, 0.2) is 0 Å². The van der Waals surface area contributed by atoms with Gasteiger partial charge in [-0.05, 0) is 24.5 Å². The summed E-state index contributed by atoms with van der Waals surface area (Å²) in [7, 11) is 0. The summed E-state index contributed by atoms with van der Waals surface area (Å²) in [6.45, 7) is 5.51. The Morgan fingerprint density at radius 3 is 2.79 bits per heavy atom. The topological polar surface area (TPSA) is 30.9 Å². The number of hydrogen-bond acceptors (Lipinski definition) is 1. The van der Waals surface area contributed by atoms with Crippen LogP contribution in [0.4, 0.5) is 0 Å². The molecule has 2 heteroatoms. The standard InChI is InChI=1S/C12H22N2/c1-3-5-8-14-9-7-11(10-14)12(13)6-4-2/h7,9-10,12H,3-6,8,13H2,1-2H3. The minimum absolute atomic E-state index is 0.225. The van der Waals surface area contributed by atoms with Gasteiger partial charge in [-0.2, -0.15) is 0 Å². The van der Waals surface area contributed by atoms with Crippen LogP contribution in [0.5, 0.6) is 0 Å². The van der Waals surface area contributed by atoms with Crippen molar-refractivity contribution in [2.24, 2.45) is 5.73 Å². The number of aromatic nitrogens is 1. The molecule has 1 rings (SSSR count). The van der Waals surface area contributed by atoms with Gasteiger partial charge in [-0.3, -0.25) is 0 Å². The predicted molar refractivity (Wildman–Crippen MR) is 61.2 cm³/mol. The van der Waals surface area contributed by atoms with Gasteiger partial charge >= 0.3 is 0 Å². The first-order valence-corrected chi connectivity index (χ1v) is 5.69. The second-order valence-corrected chi connectivity index (χ2v) is 3.93. The summed E-state index contributed by atoms with van der Waals surface area (Å²) in [5.74, 6) is 0. The van der Waals surface area contributed by atoms with Crippen LogP contribution in [0.3, 0.4) is 0 Å². The summed E-state index contributed by atoms with van der Waals surface area (Å²) in [4.78, 5) is 0. The fourth-order valence-corrected chi connectivity index (χ4v) is 1.64. The SMILES string of the molecule is CCCCn1ccc(C(N)CCC)c1. The third-order valence-electron chi connectivity index (χ3n) is 2.57. The number of unbranched alkanes of at least 4 members (excludes halogenated alkanes) is 1. The normalized spacial score (nSPS) is 13.1. The van der Waals surface area contributed by atoms with E-state index in [0.29, 0.717) is 0 Å². The van der Waals surface area contributed by atoms with Crippen molar-refractivity contribution >= 4 is 0 Å². The van der Waals surface area contributed by atoms with Gasteiger partial charge in [-0.15, -0.1) is 0 Å². The Morgan fingerprint density at radius 1 is 1.36 bits per heavy atom. The minimum Gasteiger partial charge on any atom is -0.354 e. The van der Waals surface area contributed by atoms with Gasteiger partial charge in [-0.1, -0.05) is 26.7 Å². The minimum atomic E-state index is 0.225. The molecule has 0 saturated carbocycles. The molecule has 2 nitrogen and oxygen atoms in total. The lowest BCUT2D eigenvalue weighted by Gasteiger charge is -2.07. The maximum Gasteiger partial charge on any atom is 0.0309 e. The van der Waals surface area contributed by atoms with Gasteiger partial charge in [0, 0.05) is 25.0 Å². The van der Waals surface area contributed by atoms with Crippen LogP contribution in [0.25, 0.3) is 0 Å². The van der Waals surface area contributed by atoms with Crippen molar-refractivity contribution in [3.63, 3.8) is 0 Å². The second-order valence-electron chi connectivity index (χ2n) is 3.93. The molecule has 0 bridgehead atoms. The van der Waals surface area contributed by atoms with Crippen LogP contribution in [0.2, 0.25) is 0 Å². The molecule has 0 fully saturated rings. The Hall–Kier alpha value is -0.760. The van der Waals surface area contributed by atoms with E-state index in [4.69, 9.17) is 5.73 Å². The largest absolute Gasteiger partial charge is 0.354 e. The lowest BCUT2D eigenvalue weighted by Crippen LogP contribution is -2.08. The molecule has 1 unspecified atom stereocenters. The zero-order valence-corrected chi connectivity index (χ0v) is 9.37. The zero-order chi connectivity index (χ0) is 10.4. The van der Waals surface area contributed by atoms with E-state index in [-0.39, 0.29) is 6.04 Å². The van der Waals surface area contributed by atoms with E-state index in [1.54, 1.807) is 0 Å². The Balaban J connectivity index is 2.49. The highest BCUT2D eigenvalue weighted by atomic mass is 14.9. The third-order valence-corrected chi connectivity index (χ3v) is 2.57.